The third-order valence-electron chi connectivity index (χ3n) is 5.63. The molecule has 0 bridgehead atoms. The van der Waals surface area contributed by atoms with Gasteiger partial charge in [-0.05, 0) is 39.2 Å². The van der Waals surface area contributed by atoms with Gasteiger partial charge in [0.05, 0.1) is 13.3 Å². The summed E-state index contributed by atoms with van der Waals surface area (Å²) in [5.74, 6) is -0.527. The van der Waals surface area contributed by atoms with E-state index < -0.39 is 11.6 Å². The highest BCUT2D eigenvalue weighted by atomic mass is 19.1. The highest BCUT2D eigenvalue weighted by Gasteiger charge is 2.30. The SMILES string of the molecule is CC1CCCCN1.CNc1nc(-c2cnc3cc(OC)c(C4CC4)nn23)c(F)cc1F. The van der Waals surface area contributed by atoms with Gasteiger partial charge in [-0.2, -0.15) is 5.10 Å². The molecule has 166 valence electrons. The van der Waals surface area contributed by atoms with Crippen LogP contribution in [0.1, 0.15) is 50.6 Å². The van der Waals surface area contributed by atoms with Gasteiger partial charge in [0, 0.05) is 31.1 Å². The van der Waals surface area contributed by atoms with Gasteiger partial charge in [-0.1, -0.05) is 6.42 Å². The van der Waals surface area contributed by atoms with Crippen molar-refractivity contribution in [3.8, 4) is 17.1 Å². The van der Waals surface area contributed by atoms with Crippen LogP contribution in [0.4, 0.5) is 14.6 Å². The van der Waals surface area contributed by atoms with Crippen molar-refractivity contribution >= 4 is 11.5 Å². The highest BCUT2D eigenvalue weighted by Crippen LogP contribution is 2.43. The second-order valence-electron chi connectivity index (χ2n) is 8.04. The number of anilines is 1. The van der Waals surface area contributed by atoms with E-state index in [0.29, 0.717) is 23.0 Å². The average Bonchev–Trinajstić information content (AvgIpc) is 3.54. The fraction of sp³-hybridized carbons (Fsp3) is 0.500. The normalized spacial score (nSPS) is 18.4. The predicted octanol–water partition coefficient (Wildman–Crippen LogP) is 4.15. The van der Waals surface area contributed by atoms with Crippen molar-refractivity contribution in [2.24, 2.45) is 0 Å². The van der Waals surface area contributed by atoms with Crippen LogP contribution in [-0.4, -0.2) is 46.3 Å². The molecule has 0 spiro atoms. The molecule has 1 aliphatic carbocycles. The predicted molar refractivity (Wildman–Crippen MR) is 116 cm³/mol. The van der Waals surface area contributed by atoms with Crippen LogP contribution in [0, 0.1) is 11.6 Å². The number of imidazole rings is 1. The van der Waals surface area contributed by atoms with Gasteiger partial charge in [0.25, 0.3) is 0 Å². The van der Waals surface area contributed by atoms with E-state index in [2.05, 4.69) is 32.6 Å². The Labute approximate surface area is 180 Å². The van der Waals surface area contributed by atoms with Gasteiger partial charge in [0.15, 0.2) is 23.1 Å². The molecule has 0 aromatic carbocycles. The van der Waals surface area contributed by atoms with Gasteiger partial charge in [-0.25, -0.2) is 23.3 Å². The Hall–Kier alpha value is -2.81. The fourth-order valence-electron chi connectivity index (χ4n) is 3.72. The van der Waals surface area contributed by atoms with Crippen molar-refractivity contribution in [1.29, 1.82) is 0 Å². The summed E-state index contributed by atoms with van der Waals surface area (Å²) in [6, 6.07) is 3.36. The van der Waals surface area contributed by atoms with Crippen LogP contribution in [-0.2, 0) is 0 Å². The molecule has 1 atom stereocenters. The molecule has 2 fully saturated rings. The van der Waals surface area contributed by atoms with Crippen molar-refractivity contribution in [2.75, 3.05) is 26.0 Å². The van der Waals surface area contributed by atoms with Crippen LogP contribution in [0.15, 0.2) is 18.3 Å². The monoisotopic (exact) mass is 430 g/mol. The molecule has 5 rings (SSSR count). The Morgan fingerprint density at radius 3 is 2.55 bits per heavy atom. The van der Waals surface area contributed by atoms with Crippen LogP contribution >= 0.6 is 0 Å². The quantitative estimate of drug-likeness (QED) is 0.648. The van der Waals surface area contributed by atoms with Crippen molar-refractivity contribution in [3.63, 3.8) is 0 Å². The molecular weight excluding hydrogens is 402 g/mol. The lowest BCUT2D eigenvalue weighted by molar-refractivity contribution is 0.405. The highest BCUT2D eigenvalue weighted by molar-refractivity contribution is 5.63. The summed E-state index contributed by atoms with van der Waals surface area (Å²) >= 11 is 0. The topological polar surface area (TPSA) is 76.4 Å². The average molecular weight is 431 g/mol. The first-order valence-corrected chi connectivity index (χ1v) is 10.7. The zero-order valence-corrected chi connectivity index (χ0v) is 18.1. The van der Waals surface area contributed by atoms with E-state index in [0.717, 1.165) is 30.6 Å². The van der Waals surface area contributed by atoms with E-state index in [1.807, 2.05) is 0 Å². The fourth-order valence-corrected chi connectivity index (χ4v) is 3.72. The van der Waals surface area contributed by atoms with Gasteiger partial charge in [0.1, 0.15) is 22.8 Å². The van der Waals surface area contributed by atoms with Gasteiger partial charge in [-0.3, -0.25) is 0 Å². The van der Waals surface area contributed by atoms with Crippen LogP contribution in [0.3, 0.4) is 0 Å². The molecule has 0 radical (unpaired) electrons. The summed E-state index contributed by atoms with van der Waals surface area (Å²) < 4.78 is 34.8. The Morgan fingerprint density at radius 2 is 1.97 bits per heavy atom. The summed E-state index contributed by atoms with van der Waals surface area (Å²) in [7, 11) is 3.11. The van der Waals surface area contributed by atoms with Gasteiger partial charge < -0.3 is 15.4 Å². The van der Waals surface area contributed by atoms with E-state index in [9.17, 15) is 8.78 Å². The molecular formula is C22H28F2N6O. The molecule has 0 amide bonds. The van der Waals surface area contributed by atoms with Gasteiger partial charge in [-0.15, -0.1) is 0 Å². The number of hydrogen-bond acceptors (Lipinski definition) is 6. The smallest absolute Gasteiger partial charge is 0.168 e. The zero-order chi connectivity index (χ0) is 22.0. The number of hydrogen-bond donors (Lipinski definition) is 2. The number of methoxy groups -OCH3 is 1. The van der Waals surface area contributed by atoms with Crippen LogP contribution in [0.25, 0.3) is 17.0 Å². The summed E-state index contributed by atoms with van der Waals surface area (Å²) in [6.07, 6.45) is 7.75. The lowest BCUT2D eigenvalue weighted by Crippen LogP contribution is -2.30. The number of fused-ring (bicyclic) bond motifs is 1. The van der Waals surface area contributed by atoms with Gasteiger partial charge in [0.2, 0.25) is 0 Å². The van der Waals surface area contributed by atoms with E-state index >= 15 is 0 Å². The number of piperidine rings is 1. The first-order chi connectivity index (χ1) is 15.0. The number of rotatable bonds is 4. The maximum absolute atomic E-state index is 14.3. The Bertz CT molecular complexity index is 1060. The van der Waals surface area contributed by atoms with E-state index in [-0.39, 0.29) is 11.5 Å². The number of nitrogens with one attached hydrogen (secondary N) is 2. The van der Waals surface area contributed by atoms with Crippen LogP contribution < -0.4 is 15.4 Å². The maximum atomic E-state index is 14.3. The van der Waals surface area contributed by atoms with Gasteiger partial charge >= 0.3 is 0 Å². The number of nitrogens with zero attached hydrogens (tertiary/aromatic N) is 4. The molecule has 1 aliphatic heterocycles. The van der Waals surface area contributed by atoms with Crippen LogP contribution in [0.2, 0.25) is 0 Å². The summed E-state index contributed by atoms with van der Waals surface area (Å²) in [5.41, 5.74) is 1.69. The van der Waals surface area contributed by atoms with E-state index in [4.69, 9.17) is 4.74 Å². The maximum Gasteiger partial charge on any atom is 0.168 e. The number of halogens is 2. The molecule has 3 aromatic rings. The second-order valence-corrected chi connectivity index (χ2v) is 8.04. The molecule has 3 aromatic heterocycles. The van der Waals surface area contributed by atoms with Crippen molar-refractivity contribution in [3.05, 3.63) is 35.7 Å². The standard InChI is InChI=1S/C16H15F2N5O.C6H13N/c1-19-16-10(18)5-9(17)15(21-16)11-7-20-13-6-12(24-2)14(8-3-4-8)22-23(11)13;1-6-4-2-3-5-7-6/h5-8H,3-4H2,1-2H3,(H,19,21);6-7H,2-5H2,1H3. The minimum Gasteiger partial charge on any atom is -0.495 e. The summed E-state index contributed by atoms with van der Waals surface area (Å²) in [5, 5.41) is 10.6. The number of ether oxygens (including phenoxy) is 1. The molecule has 4 heterocycles. The summed E-state index contributed by atoms with van der Waals surface area (Å²) in [6.45, 7) is 3.49. The molecule has 1 saturated heterocycles. The van der Waals surface area contributed by atoms with Crippen molar-refractivity contribution in [2.45, 2.75) is 51.0 Å². The number of aromatic nitrogens is 4. The van der Waals surface area contributed by atoms with E-state index in [1.54, 1.807) is 13.2 Å². The lowest BCUT2D eigenvalue weighted by atomic mass is 10.1. The molecule has 31 heavy (non-hydrogen) atoms. The minimum atomic E-state index is -0.765. The Kier molecular flexibility index (Phi) is 6.31. The Balaban J connectivity index is 0.000000282. The molecule has 2 N–H and O–H groups in total. The van der Waals surface area contributed by atoms with Crippen molar-refractivity contribution in [1.82, 2.24) is 24.9 Å². The third kappa shape index (κ3) is 4.61. The molecule has 1 unspecified atom stereocenters. The minimum absolute atomic E-state index is 0.00679. The zero-order valence-electron chi connectivity index (χ0n) is 18.1. The van der Waals surface area contributed by atoms with Crippen LogP contribution in [0.5, 0.6) is 5.75 Å². The lowest BCUT2D eigenvalue weighted by Gasteiger charge is -2.18. The van der Waals surface area contributed by atoms with E-state index in [1.165, 1.54) is 43.6 Å². The molecule has 9 heteroatoms. The van der Waals surface area contributed by atoms with Crippen molar-refractivity contribution < 1.29 is 13.5 Å². The first kappa shape index (κ1) is 21.4. The molecule has 1 saturated carbocycles. The largest absolute Gasteiger partial charge is 0.495 e. The molecule has 7 nitrogen and oxygen atoms in total. The number of pyridine rings is 1. The first-order valence-electron chi connectivity index (χ1n) is 10.7. The third-order valence-corrected chi connectivity index (χ3v) is 5.63. The summed E-state index contributed by atoms with van der Waals surface area (Å²) in [4.78, 5) is 8.27. The molecule has 2 aliphatic rings. The second kappa shape index (κ2) is 9.13. The Morgan fingerprint density at radius 1 is 1.16 bits per heavy atom.